The Balaban J connectivity index is 1.45. The number of benzene rings is 3. The number of aryl methyl sites for hydroxylation is 1. The van der Waals surface area contributed by atoms with Gasteiger partial charge < -0.3 is 14.6 Å². The number of carbonyl (C=O) groups excluding carboxylic acids is 2. The Morgan fingerprint density at radius 3 is 2.53 bits per heavy atom. The van der Waals surface area contributed by atoms with Crippen LogP contribution in [0.1, 0.15) is 32.7 Å². The lowest BCUT2D eigenvalue weighted by Gasteiger charge is -2.30. The molecule has 1 aliphatic rings. The zero-order chi connectivity index (χ0) is 22.1. The van der Waals surface area contributed by atoms with Gasteiger partial charge in [0.15, 0.2) is 0 Å². The largest absolute Gasteiger partial charge is 0.422 e. The second-order valence-corrected chi connectivity index (χ2v) is 7.71. The van der Waals surface area contributed by atoms with Crippen molar-refractivity contribution in [3.05, 3.63) is 106 Å². The maximum absolute atomic E-state index is 13.1. The molecule has 4 aromatic rings. The van der Waals surface area contributed by atoms with Crippen LogP contribution in [0.3, 0.4) is 0 Å². The topological polar surface area (TPSA) is 79.6 Å². The van der Waals surface area contributed by atoms with E-state index in [9.17, 15) is 14.4 Å². The van der Waals surface area contributed by atoms with Crippen LogP contribution in [0.25, 0.3) is 11.0 Å². The lowest BCUT2D eigenvalue weighted by atomic mass is 10.00. The lowest BCUT2D eigenvalue weighted by Crippen LogP contribution is -2.35. The molecule has 158 valence electrons. The summed E-state index contributed by atoms with van der Waals surface area (Å²) in [7, 11) is 0. The summed E-state index contributed by atoms with van der Waals surface area (Å²) < 4.78 is 5.27. The fourth-order valence-electron chi connectivity index (χ4n) is 4.02. The van der Waals surface area contributed by atoms with Crippen molar-refractivity contribution >= 4 is 34.2 Å². The van der Waals surface area contributed by atoms with Crippen molar-refractivity contribution in [2.24, 2.45) is 0 Å². The van der Waals surface area contributed by atoms with Crippen LogP contribution >= 0.6 is 0 Å². The second-order valence-electron chi connectivity index (χ2n) is 7.71. The number of rotatable bonds is 3. The number of anilines is 2. The smallest absolute Gasteiger partial charge is 0.349 e. The van der Waals surface area contributed by atoms with Gasteiger partial charge in [0.05, 0.1) is 0 Å². The highest BCUT2D eigenvalue weighted by Gasteiger charge is 2.24. The Kier molecular flexibility index (Phi) is 5.03. The van der Waals surface area contributed by atoms with Crippen molar-refractivity contribution in [3.8, 4) is 0 Å². The number of para-hydroxylation sites is 1. The minimum absolute atomic E-state index is 0.0707. The van der Waals surface area contributed by atoms with Gasteiger partial charge in [-0.15, -0.1) is 0 Å². The van der Waals surface area contributed by atoms with Gasteiger partial charge in [0.1, 0.15) is 11.1 Å². The normalized spacial score (nSPS) is 12.9. The summed E-state index contributed by atoms with van der Waals surface area (Å²) in [4.78, 5) is 40.0. The van der Waals surface area contributed by atoms with Crippen LogP contribution in [0.5, 0.6) is 0 Å². The van der Waals surface area contributed by atoms with Crippen LogP contribution in [0.15, 0.2) is 88.1 Å². The molecule has 0 spiro atoms. The van der Waals surface area contributed by atoms with Gasteiger partial charge >= 0.3 is 5.63 Å². The van der Waals surface area contributed by atoms with Gasteiger partial charge in [-0.2, -0.15) is 0 Å². The standard InChI is InChI=1S/C26H20N2O4/c29-24(21-15-19-9-4-5-11-23(19)32-26(21)31)27-20-13-12-17-10-6-14-28(22(17)16-20)25(30)18-7-2-1-3-8-18/h1-5,7-9,11-13,15-16H,6,10,14H2,(H,27,29). The van der Waals surface area contributed by atoms with E-state index in [1.807, 2.05) is 30.3 Å². The third kappa shape index (κ3) is 3.67. The SMILES string of the molecule is O=C(Nc1ccc2c(c1)N(C(=O)c1ccccc1)CCC2)c1cc2ccccc2oc1=O. The summed E-state index contributed by atoms with van der Waals surface area (Å²) in [6.07, 6.45) is 1.73. The van der Waals surface area contributed by atoms with Crippen LogP contribution in [0, 0.1) is 0 Å². The molecule has 1 aliphatic heterocycles. The fourth-order valence-corrected chi connectivity index (χ4v) is 4.02. The lowest BCUT2D eigenvalue weighted by molar-refractivity contribution is 0.0983. The second kappa shape index (κ2) is 8.15. The maximum Gasteiger partial charge on any atom is 0.349 e. The molecule has 0 bridgehead atoms. The molecule has 0 saturated heterocycles. The number of nitrogens with zero attached hydrogens (tertiary/aromatic N) is 1. The van der Waals surface area contributed by atoms with E-state index in [4.69, 9.17) is 4.42 Å². The van der Waals surface area contributed by atoms with E-state index < -0.39 is 11.5 Å². The molecule has 2 heterocycles. The first-order chi connectivity index (χ1) is 15.6. The number of carbonyl (C=O) groups is 2. The van der Waals surface area contributed by atoms with Gasteiger partial charge in [0, 0.05) is 28.9 Å². The number of hydrogen-bond donors (Lipinski definition) is 1. The average molecular weight is 424 g/mol. The van der Waals surface area contributed by atoms with Gasteiger partial charge in [0.25, 0.3) is 11.8 Å². The van der Waals surface area contributed by atoms with Gasteiger partial charge in [-0.25, -0.2) is 4.79 Å². The minimum atomic E-state index is -0.694. The zero-order valence-corrected chi connectivity index (χ0v) is 17.2. The summed E-state index contributed by atoms with van der Waals surface area (Å²) >= 11 is 0. The first-order valence-corrected chi connectivity index (χ1v) is 10.4. The number of amides is 2. The molecular weight excluding hydrogens is 404 g/mol. The van der Waals surface area contributed by atoms with Crippen LogP contribution in [-0.4, -0.2) is 18.4 Å². The van der Waals surface area contributed by atoms with E-state index in [0.29, 0.717) is 28.8 Å². The van der Waals surface area contributed by atoms with Gasteiger partial charge in [-0.05, 0) is 54.8 Å². The molecule has 32 heavy (non-hydrogen) atoms. The first-order valence-electron chi connectivity index (χ1n) is 10.4. The average Bonchev–Trinajstić information content (AvgIpc) is 2.83. The first kappa shape index (κ1) is 19.8. The van der Waals surface area contributed by atoms with E-state index in [1.165, 1.54) is 6.07 Å². The van der Waals surface area contributed by atoms with Gasteiger partial charge in [0.2, 0.25) is 0 Å². The summed E-state index contributed by atoms with van der Waals surface area (Å²) in [6, 6.07) is 23.2. The van der Waals surface area contributed by atoms with Gasteiger partial charge in [-0.3, -0.25) is 9.59 Å². The molecular formula is C26H20N2O4. The van der Waals surface area contributed by atoms with Crippen LogP contribution in [0.4, 0.5) is 11.4 Å². The fraction of sp³-hybridized carbons (Fsp3) is 0.115. The molecule has 0 saturated carbocycles. The molecule has 3 aromatic carbocycles. The molecule has 6 nitrogen and oxygen atoms in total. The Bertz CT molecular complexity index is 1390. The van der Waals surface area contributed by atoms with Crippen molar-refractivity contribution in [1.29, 1.82) is 0 Å². The summed E-state index contributed by atoms with van der Waals surface area (Å²) in [5, 5.41) is 3.45. The highest BCUT2D eigenvalue weighted by molar-refractivity contribution is 6.08. The van der Waals surface area contributed by atoms with Crippen LogP contribution < -0.4 is 15.8 Å². The Labute approximate surface area is 184 Å². The van der Waals surface area contributed by atoms with Crippen LogP contribution in [0.2, 0.25) is 0 Å². The molecule has 0 aliphatic carbocycles. The molecule has 5 rings (SSSR count). The summed E-state index contributed by atoms with van der Waals surface area (Å²) in [5.74, 6) is -0.633. The molecule has 2 amide bonds. The third-order valence-corrected chi connectivity index (χ3v) is 5.61. The van der Waals surface area contributed by atoms with E-state index in [0.717, 1.165) is 24.1 Å². The molecule has 0 fully saturated rings. The molecule has 1 aromatic heterocycles. The predicted octanol–water partition coefficient (Wildman–Crippen LogP) is 4.64. The Hall–Kier alpha value is -4.19. The monoisotopic (exact) mass is 424 g/mol. The summed E-state index contributed by atoms with van der Waals surface area (Å²) in [6.45, 7) is 0.604. The maximum atomic E-state index is 13.1. The molecule has 0 radical (unpaired) electrons. The van der Waals surface area contributed by atoms with Crippen molar-refractivity contribution < 1.29 is 14.0 Å². The Morgan fingerprint density at radius 2 is 1.69 bits per heavy atom. The van der Waals surface area contributed by atoms with E-state index in [1.54, 1.807) is 47.4 Å². The van der Waals surface area contributed by atoms with Crippen molar-refractivity contribution in [1.82, 2.24) is 0 Å². The zero-order valence-electron chi connectivity index (χ0n) is 17.2. The number of hydrogen-bond acceptors (Lipinski definition) is 4. The van der Waals surface area contributed by atoms with Gasteiger partial charge in [-0.1, -0.05) is 42.5 Å². The third-order valence-electron chi connectivity index (χ3n) is 5.61. The van der Waals surface area contributed by atoms with Crippen LogP contribution in [-0.2, 0) is 6.42 Å². The van der Waals surface area contributed by atoms with Crippen molar-refractivity contribution in [3.63, 3.8) is 0 Å². The minimum Gasteiger partial charge on any atom is -0.422 e. The van der Waals surface area contributed by atoms with E-state index >= 15 is 0 Å². The van der Waals surface area contributed by atoms with Crippen molar-refractivity contribution in [2.75, 3.05) is 16.8 Å². The highest BCUT2D eigenvalue weighted by atomic mass is 16.4. The highest BCUT2D eigenvalue weighted by Crippen LogP contribution is 2.31. The van der Waals surface area contributed by atoms with E-state index in [-0.39, 0.29) is 11.5 Å². The quantitative estimate of drug-likeness (QED) is 0.486. The van der Waals surface area contributed by atoms with Crippen molar-refractivity contribution in [2.45, 2.75) is 12.8 Å². The van der Waals surface area contributed by atoms with E-state index in [2.05, 4.69) is 5.32 Å². The molecule has 1 N–H and O–H groups in total. The molecule has 6 heteroatoms. The Morgan fingerprint density at radius 1 is 0.906 bits per heavy atom. The number of fused-ring (bicyclic) bond motifs is 2. The molecule has 0 unspecified atom stereocenters. The predicted molar refractivity (Wildman–Crippen MR) is 123 cm³/mol. The number of nitrogens with one attached hydrogen (secondary N) is 1. The summed E-state index contributed by atoms with van der Waals surface area (Å²) in [5.41, 5.74) is 2.60. The molecule has 0 atom stereocenters.